The maximum atomic E-state index is 5.60. The Morgan fingerprint density at radius 1 is 1.25 bits per heavy atom. The molecule has 4 heteroatoms. The lowest BCUT2D eigenvalue weighted by Gasteiger charge is -2.10. The maximum Gasteiger partial charge on any atom is 0.218 e. The summed E-state index contributed by atoms with van der Waals surface area (Å²) in [4.78, 5) is 4.30. The zero-order chi connectivity index (χ0) is 11.8. The van der Waals surface area contributed by atoms with Crippen molar-refractivity contribution in [1.82, 2.24) is 4.98 Å². The van der Waals surface area contributed by atoms with Crippen molar-refractivity contribution in [1.29, 1.82) is 0 Å². The van der Waals surface area contributed by atoms with E-state index in [0.717, 1.165) is 24.3 Å². The zero-order valence-electron chi connectivity index (χ0n) is 10.0. The molecule has 0 aliphatic heterocycles. The molecule has 0 spiro atoms. The van der Waals surface area contributed by atoms with E-state index >= 15 is 0 Å². The second kappa shape index (κ2) is 7.19. The summed E-state index contributed by atoms with van der Waals surface area (Å²) in [6.45, 7) is 6.33. The van der Waals surface area contributed by atoms with Gasteiger partial charge in [0.1, 0.15) is 6.61 Å². The average Bonchev–Trinajstić information content (AvgIpc) is 2.29. The van der Waals surface area contributed by atoms with Crippen LogP contribution in [0, 0.1) is 6.92 Å². The van der Waals surface area contributed by atoms with Crippen LogP contribution in [-0.2, 0) is 11.3 Å². The number of hydrogen-bond donors (Lipinski definition) is 1. The molecule has 0 unspecified atom stereocenters. The Morgan fingerprint density at radius 2 is 2.06 bits per heavy atom. The third-order valence-electron chi connectivity index (χ3n) is 2.11. The monoisotopic (exact) mass is 224 g/mol. The molecule has 0 saturated carbocycles. The Morgan fingerprint density at radius 3 is 2.75 bits per heavy atom. The van der Waals surface area contributed by atoms with Crippen LogP contribution in [0.4, 0.5) is 0 Å². The van der Waals surface area contributed by atoms with Gasteiger partial charge in [0.2, 0.25) is 5.88 Å². The minimum atomic E-state index is 0.443. The molecule has 1 aromatic heterocycles. The number of ether oxygens (including phenoxy) is 2. The molecule has 1 rings (SSSR count). The van der Waals surface area contributed by atoms with Gasteiger partial charge < -0.3 is 15.2 Å². The third kappa shape index (κ3) is 4.16. The predicted octanol–water partition coefficient (Wildman–Crippen LogP) is 1.65. The summed E-state index contributed by atoms with van der Waals surface area (Å²) in [5.74, 6) is 0.627. The first kappa shape index (κ1) is 12.9. The van der Waals surface area contributed by atoms with Crippen molar-refractivity contribution < 1.29 is 9.47 Å². The number of hydrogen-bond acceptors (Lipinski definition) is 4. The van der Waals surface area contributed by atoms with Crippen LogP contribution in [0.3, 0.4) is 0 Å². The molecule has 1 aromatic rings. The quantitative estimate of drug-likeness (QED) is 0.715. The number of rotatable bonds is 7. The van der Waals surface area contributed by atoms with Gasteiger partial charge in [0.05, 0.1) is 6.61 Å². The number of pyridine rings is 1. The number of nitrogens with two attached hydrogens (primary N) is 1. The van der Waals surface area contributed by atoms with Crippen LogP contribution in [0.5, 0.6) is 5.88 Å². The van der Waals surface area contributed by atoms with Gasteiger partial charge in [-0.1, -0.05) is 13.0 Å². The lowest BCUT2D eigenvalue weighted by atomic mass is 10.2. The van der Waals surface area contributed by atoms with Crippen LogP contribution in [-0.4, -0.2) is 24.8 Å². The van der Waals surface area contributed by atoms with Crippen LogP contribution in [0.15, 0.2) is 12.1 Å². The molecule has 0 atom stereocenters. The van der Waals surface area contributed by atoms with Crippen molar-refractivity contribution in [3.63, 3.8) is 0 Å². The predicted molar refractivity (Wildman–Crippen MR) is 63.5 cm³/mol. The molecule has 4 nitrogen and oxygen atoms in total. The minimum absolute atomic E-state index is 0.443. The Hall–Kier alpha value is -1.13. The van der Waals surface area contributed by atoms with Gasteiger partial charge in [-0.15, -0.1) is 0 Å². The summed E-state index contributed by atoms with van der Waals surface area (Å²) >= 11 is 0. The lowest BCUT2D eigenvalue weighted by molar-refractivity contribution is 0.0986. The second-order valence-corrected chi connectivity index (χ2v) is 3.58. The van der Waals surface area contributed by atoms with Crippen LogP contribution in [0.2, 0.25) is 0 Å². The Bertz CT molecular complexity index is 316. The van der Waals surface area contributed by atoms with Crippen LogP contribution in [0.1, 0.15) is 24.6 Å². The molecule has 0 aromatic carbocycles. The normalized spacial score (nSPS) is 10.4. The third-order valence-corrected chi connectivity index (χ3v) is 2.11. The van der Waals surface area contributed by atoms with Gasteiger partial charge in [-0.05, 0) is 19.4 Å². The second-order valence-electron chi connectivity index (χ2n) is 3.58. The molecule has 0 bridgehead atoms. The van der Waals surface area contributed by atoms with E-state index in [1.54, 1.807) is 0 Å². The number of nitrogens with zero attached hydrogens (tertiary/aromatic N) is 1. The summed E-state index contributed by atoms with van der Waals surface area (Å²) in [7, 11) is 0. The van der Waals surface area contributed by atoms with Crippen molar-refractivity contribution in [3.05, 3.63) is 23.4 Å². The molecule has 0 fully saturated rings. The van der Waals surface area contributed by atoms with Crippen molar-refractivity contribution in [2.24, 2.45) is 5.73 Å². The summed E-state index contributed by atoms with van der Waals surface area (Å²) < 4.78 is 10.9. The van der Waals surface area contributed by atoms with E-state index in [4.69, 9.17) is 15.2 Å². The molecule has 0 saturated heterocycles. The van der Waals surface area contributed by atoms with Crippen molar-refractivity contribution >= 4 is 0 Å². The van der Waals surface area contributed by atoms with E-state index in [2.05, 4.69) is 11.9 Å². The van der Waals surface area contributed by atoms with Gasteiger partial charge in [0.15, 0.2) is 0 Å². The van der Waals surface area contributed by atoms with E-state index in [9.17, 15) is 0 Å². The molecular formula is C12H20N2O2. The van der Waals surface area contributed by atoms with E-state index < -0.39 is 0 Å². The SMILES string of the molecule is CCCOCCOc1nc(C)ccc1CN. The van der Waals surface area contributed by atoms with Gasteiger partial charge in [0, 0.05) is 24.4 Å². The fourth-order valence-electron chi connectivity index (χ4n) is 1.29. The van der Waals surface area contributed by atoms with Gasteiger partial charge in [-0.3, -0.25) is 0 Å². The van der Waals surface area contributed by atoms with Crippen LogP contribution < -0.4 is 10.5 Å². The van der Waals surface area contributed by atoms with E-state index in [-0.39, 0.29) is 0 Å². The fraction of sp³-hybridized carbons (Fsp3) is 0.583. The highest BCUT2D eigenvalue weighted by molar-refractivity contribution is 5.27. The molecule has 0 amide bonds. The largest absolute Gasteiger partial charge is 0.475 e. The molecule has 0 radical (unpaired) electrons. The summed E-state index contributed by atoms with van der Waals surface area (Å²) in [6.07, 6.45) is 1.02. The minimum Gasteiger partial charge on any atom is -0.475 e. The molecule has 2 N–H and O–H groups in total. The van der Waals surface area contributed by atoms with Gasteiger partial charge in [-0.25, -0.2) is 4.98 Å². The molecule has 16 heavy (non-hydrogen) atoms. The number of aromatic nitrogens is 1. The molecule has 0 aliphatic rings. The Kier molecular flexibility index (Phi) is 5.82. The van der Waals surface area contributed by atoms with Gasteiger partial charge >= 0.3 is 0 Å². The molecular weight excluding hydrogens is 204 g/mol. The maximum absolute atomic E-state index is 5.60. The summed E-state index contributed by atoms with van der Waals surface area (Å²) in [6, 6.07) is 3.88. The average molecular weight is 224 g/mol. The highest BCUT2D eigenvalue weighted by Crippen LogP contribution is 2.15. The van der Waals surface area contributed by atoms with Crippen molar-refractivity contribution in [2.45, 2.75) is 26.8 Å². The first-order chi connectivity index (χ1) is 7.77. The van der Waals surface area contributed by atoms with Gasteiger partial charge in [0.25, 0.3) is 0 Å². The summed E-state index contributed by atoms with van der Waals surface area (Å²) in [5, 5.41) is 0. The fourth-order valence-corrected chi connectivity index (χ4v) is 1.29. The van der Waals surface area contributed by atoms with Crippen molar-refractivity contribution in [3.8, 4) is 5.88 Å². The van der Waals surface area contributed by atoms with E-state index in [0.29, 0.717) is 25.6 Å². The standard InChI is InChI=1S/C12H20N2O2/c1-3-6-15-7-8-16-12-11(9-13)5-4-10(2)14-12/h4-5H,3,6-9,13H2,1-2H3. The van der Waals surface area contributed by atoms with Crippen molar-refractivity contribution in [2.75, 3.05) is 19.8 Å². The smallest absolute Gasteiger partial charge is 0.218 e. The number of aryl methyl sites for hydroxylation is 1. The molecule has 1 heterocycles. The van der Waals surface area contributed by atoms with E-state index in [1.807, 2.05) is 19.1 Å². The highest BCUT2D eigenvalue weighted by atomic mass is 16.5. The van der Waals surface area contributed by atoms with Crippen LogP contribution >= 0.6 is 0 Å². The first-order valence-corrected chi connectivity index (χ1v) is 5.65. The summed E-state index contributed by atoms with van der Waals surface area (Å²) in [5.41, 5.74) is 7.47. The molecule has 90 valence electrons. The zero-order valence-corrected chi connectivity index (χ0v) is 10.0. The lowest BCUT2D eigenvalue weighted by Crippen LogP contribution is -2.11. The topological polar surface area (TPSA) is 57.4 Å². The highest BCUT2D eigenvalue weighted by Gasteiger charge is 2.03. The molecule has 0 aliphatic carbocycles. The van der Waals surface area contributed by atoms with E-state index in [1.165, 1.54) is 0 Å². The Labute approximate surface area is 96.8 Å². The Balaban J connectivity index is 2.42. The van der Waals surface area contributed by atoms with Crippen LogP contribution in [0.25, 0.3) is 0 Å². The first-order valence-electron chi connectivity index (χ1n) is 5.65. The van der Waals surface area contributed by atoms with Gasteiger partial charge in [-0.2, -0.15) is 0 Å².